The van der Waals surface area contributed by atoms with Gasteiger partial charge in [0.05, 0.1) is 17.5 Å². The highest BCUT2D eigenvalue weighted by Gasteiger charge is 2.29. The van der Waals surface area contributed by atoms with Crippen LogP contribution in [0.4, 0.5) is 0 Å². The summed E-state index contributed by atoms with van der Waals surface area (Å²) in [4.78, 5) is 15.3. The Hall–Kier alpha value is -2.38. The predicted molar refractivity (Wildman–Crippen MR) is 113 cm³/mol. The lowest BCUT2D eigenvalue weighted by Crippen LogP contribution is -2.40. The second kappa shape index (κ2) is 8.55. The van der Waals surface area contributed by atoms with Gasteiger partial charge in [-0.05, 0) is 37.6 Å². The van der Waals surface area contributed by atoms with Gasteiger partial charge in [-0.1, -0.05) is 38.1 Å². The van der Waals surface area contributed by atoms with Gasteiger partial charge in [-0.2, -0.15) is 4.31 Å². The van der Waals surface area contributed by atoms with Crippen molar-refractivity contribution >= 4 is 15.9 Å². The lowest BCUT2D eigenvalue weighted by atomic mass is 10.1. The van der Waals surface area contributed by atoms with E-state index in [4.69, 9.17) is 4.74 Å². The van der Waals surface area contributed by atoms with Crippen LogP contribution in [0.25, 0.3) is 0 Å². The Bertz CT molecular complexity index is 1000. The summed E-state index contributed by atoms with van der Waals surface area (Å²) < 4.78 is 33.1. The molecule has 2 aromatic rings. The van der Waals surface area contributed by atoms with E-state index in [0.717, 1.165) is 16.9 Å². The zero-order valence-electron chi connectivity index (χ0n) is 17.4. The summed E-state index contributed by atoms with van der Waals surface area (Å²) >= 11 is 0. The lowest BCUT2D eigenvalue weighted by Gasteiger charge is -2.27. The zero-order chi connectivity index (χ0) is 21.2. The van der Waals surface area contributed by atoms with Gasteiger partial charge in [-0.15, -0.1) is 0 Å². The lowest BCUT2D eigenvalue weighted by molar-refractivity contribution is 0.0644. The Kier molecular flexibility index (Phi) is 6.29. The molecular formula is C22H28N2O4S. The fourth-order valence-electron chi connectivity index (χ4n) is 3.55. The molecule has 0 aliphatic carbocycles. The fraction of sp³-hybridized carbons (Fsp3) is 0.409. The molecule has 0 aromatic heterocycles. The summed E-state index contributed by atoms with van der Waals surface area (Å²) in [6.07, 6.45) is 0. The van der Waals surface area contributed by atoms with Crippen LogP contribution in [0.15, 0.2) is 47.4 Å². The van der Waals surface area contributed by atoms with Crippen molar-refractivity contribution in [3.8, 4) is 5.75 Å². The normalized spacial score (nSPS) is 16.9. The van der Waals surface area contributed by atoms with E-state index in [9.17, 15) is 13.2 Å². The number of rotatable bonds is 5. The summed E-state index contributed by atoms with van der Waals surface area (Å²) in [5.41, 5.74) is 2.10. The number of aryl methyl sites for hydroxylation is 1. The molecule has 1 aliphatic heterocycles. The number of para-hydroxylation sites is 1. The number of fused-ring (bicyclic) bond motifs is 1. The number of nitrogens with zero attached hydrogens (tertiary/aromatic N) is 2. The Morgan fingerprint density at radius 3 is 2.55 bits per heavy atom. The second-order valence-corrected chi connectivity index (χ2v) is 9.20. The predicted octanol–water partition coefficient (Wildman–Crippen LogP) is 3.45. The van der Waals surface area contributed by atoms with Gasteiger partial charge in [-0.25, -0.2) is 8.42 Å². The molecule has 0 bridgehead atoms. The Morgan fingerprint density at radius 1 is 1.17 bits per heavy atom. The van der Waals surface area contributed by atoms with Crippen LogP contribution in [0.5, 0.6) is 5.75 Å². The average molecular weight is 417 g/mol. The quantitative estimate of drug-likeness (QED) is 0.749. The Morgan fingerprint density at radius 2 is 1.86 bits per heavy atom. The molecule has 1 amide bonds. The summed E-state index contributed by atoms with van der Waals surface area (Å²) in [7, 11) is -3.64. The van der Waals surface area contributed by atoms with Crippen LogP contribution in [-0.2, 0) is 16.6 Å². The molecule has 0 unspecified atom stereocenters. The topological polar surface area (TPSA) is 66.9 Å². The largest absolute Gasteiger partial charge is 0.491 e. The molecule has 0 spiro atoms. The molecular weight excluding hydrogens is 388 g/mol. The number of carbonyl (C=O) groups is 1. The highest BCUT2D eigenvalue weighted by atomic mass is 32.2. The fourth-order valence-corrected chi connectivity index (χ4v) is 5.03. The third kappa shape index (κ3) is 4.16. The molecule has 29 heavy (non-hydrogen) atoms. The molecule has 0 radical (unpaired) electrons. The van der Waals surface area contributed by atoms with Gasteiger partial charge in [0.15, 0.2) is 0 Å². The van der Waals surface area contributed by atoms with E-state index in [1.54, 1.807) is 30.9 Å². The first kappa shape index (κ1) is 21.3. The molecule has 6 nitrogen and oxygen atoms in total. The number of benzene rings is 2. The maximum Gasteiger partial charge on any atom is 0.254 e. The summed E-state index contributed by atoms with van der Waals surface area (Å²) in [6.45, 7) is 8.95. The van der Waals surface area contributed by atoms with Crippen molar-refractivity contribution in [2.24, 2.45) is 0 Å². The van der Waals surface area contributed by atoms with E-state index in [0.29, 0.717) is 31.8 Å². The first-order valence-electron chi connectivity index (χ1n) is 9.92. The van der Waals surface area contributed by atoms with Gasteiger partial charge in [-0.3, -0.25) is 4.79 Å². The van der Waals surface area contributed by atoms with Gasteiger partial charge < -0.3 is 9.64 Å². The number of ether oxygens (including phenoxy) is 1. The van der Waals surface area contributed by atoms with Crippen molar-refractivity contribution in [2.45, 2.75) is 45.2 Å². The highest BCUT2D eigenvalue weighted by Crippen LogP contribution is 2.27. The van der Waals surface area contributed by atoms with Crippen LogP contribution < -0.4 is 4.74 Å². The van der Waals surface area contributed by atoms with Gasteiger partial charge in [0.25, 0.3) is 5.91 Å². The second-order valence-electron chi connectivity index (χ2n) is 7.27. The standard InChI is InChI=1S/C22H28N2O4S/c1-5-23(6-2)29(26,27)19-12-11-16(3)20(13-19)22(25)24-14-18-9-7-8-10-21(18)28-15-17(24)4/h7-13,17H,5-6,14-15H2,1-4H3/t17-/m1/s1. The Labute approximate surface area is 173 Å². The van der Waals surface area contributed by atoms with E-state index in [1.807, 2.05) is 38.1 Å². The van der Waals surface area contributed by atoms with Gasteiger partial charge >= 0.3 is 0 Å². The smallest absolute Gasteiger partial charge is 0.254 e. The molecule has 156 valence electrons. The van der Waals surface area contributed by atoms with Gasteiger partial charge in [0, 0.05) is 24.2 Å². The first-order valence-corrected chi connectivity index (χ1v) is 11.4. The summed E-state index contributed by atoms with van der Waals surface area (Å²) in [6, 6.07) is 12.3. The first-order chi connectivity index (χ1) is 13.8. The molecule has 0 saturated carbocycles. The van der Waals surface area contributed by atoms with Crippen molar-refractivity contribution in [2.75, 3.05) is 19.7 Å². The van der Waals surface area contributed by atoms with E-state index in [2.05, 4.69) is 0 Å². The molecule has 1 aliphatic rings. The van der Waals surface area contributed by atoms with Crippen molar-refractivity contribution in [3.05, 3.63) is 59.2 Å². The van der Waals surface area contributed by atoms with Crippen molar-refractivity contribution in [3.63, 3.8) is 0 Å². The van der Waals surface area contributed by atoms with Crippen LogP contribution >= 0.6 is 0 Å². The molecule has 2 aromatic carbocycles. The maximum atomic E-state index is 13.4. The number of carbonyl (C=O) groups excluding carboxylic acids is 1. The minimum Gasteiger partial charge on any atom is -0.491 e. The SMILES string of the molecule is CCN(CC)S(=O)(=O)c1ccc(C)c(C(=O)N2Cc3ccccc3OC[C@H]2C)c1. The average Bonchev–Trinajstić information content (AvgIpc) is 2.87. The molecule has 0 fully saturated rings. The summed E-state index contributed by atoms with van der Waals surface area (Å²) in [5, 5.41) is 0. The number of hydrogen-bond acceptors (Lipinski definition) is 4. The molecule has 3 rings (SSSR count). The molecule has 1 atom stereocenters. The van der Waals surface area contributed by atoms with Crippen molar-refractivity contribution in [1.29, 1.82) is 0 Å². The third-order valence-electron chi connectivity index (χ3n) is 5.37. The highest BCUT2D eigenvalue weighted by molar-refractivity contribution is 7.89. The van der Waals surface area contributed by atoms with E-state index in [1.165, 1.54) is 10.4 Å². The van der Waals surface area contributed by atoms with E-state index in [-0.39, 0.29) is 16.8 Å². The molecule has 1 heterocycles. The van der Waals surface area contributed by atoms with Crippen molar-refractivity contribution in [1.82, 2.24) is 9.21 Å². The Balaban J connectivity index is 1.99. The minimum atomic E-state index is -3.64. The van der Waals surface area contributed by atoms with Crippen LogP contribution in [0, 0.1) is 6.92 Å². The monoisotopic (exact) mass is 416 g/mol. The number of hydrogen-bond donors (Lipinski definition) is 0. The minimum absolute atomic E-state index is 0.141. The van der Waals surface area contributed by atoms with Crippen LogP contribution in [0.3, 0.4) is 0 Å². The van der Waals surface area contributed by atoms with E-state index < -0.39 is 10.0 Å². The number of amides is 1. The molecule has 0 N–H and O–H groups in total. The third-order valence-corrected chi connectivity index (χ3v) is 7.41. The van der Waals surface area contributed by atoms with Crippen LogP contribution in [-0.4, -0.2) is 49.3 Å². The zero-order valence-corrected chi connectivity index (χ0v) is 18.2. The van der Waals surface area contributed by atoms with Crippen molar-refractivity contribution < 1.29 is 17.9 Å². The number of sulfonamides is 1. The van der Waals surface area contributed by atoms with E-state index >= 15 is 0 Å². The maximum absolute atomic E-state index is 13.4. The van der Waals surface area contributed by atoms with Crippen LogP contribution in [0.1, 0.15) is 42.3 Å². The van der Waals surface area contributed by atoms with Crippen LogP contribution in [0.2, 0.25) is 0 Å². The molecule has 0 saturated heterocycles. The molecule has 7 heteroatoms. The summed E-state index contributed by atoms with van der Waals surface area (Å²) in [5.74, 6) is 0.594. The van der Waals surface area contributed by atoms with Gasteiger partial charge in [0.1, 0.15) is 12.4 Å². The van der Waals surface area contributed by atoms with Gasteiger partial charge in [0.2, 0.25) is 10.0 Å².